The van der Waals surface area contributed by atoms with Gasteiger partial charge in [0.05, 0.1) is 11.1 Å². The normalized spacial score (nSPS) is 25.3. The summed E-state index contributed by atoms with van der Waals surface area (Å²) in [6.45, 7) is 4.49. The highest BCUT2D eigenvalue weighted by Crippen LogP contribution is 2.36. The van der Waals surface area contributed by atoms with E-state index in [1.165, 1.54) is 10.5 Å². The second-order valence-corrected chi connectivity index (χ2v) is 9.38. The van der Waals surface area contributed by atoms with Crippen LogP contribution in [0.15, 0.2) is 48.5 Å². The fourth-order valence-electron chi connectivity index (χ4n) is 5.47. The van der Waals surface area contributed by atoms with Crippen LogP contribution in [0.25, 0.3) is 0 Å². The summed E-state index contributed by atoms with van der Waals surface area (Å²) in [5.41, 5.74) is 2.66. The third-order valence-electron chi connectivity index (χ3n) is 7.18. The van der Waals surface area contributed by atoms with Crippen LogP contribution in [0.3, 0.4) is 0 Å². The molecule has 6 heteroatoms. The third-order valence-corrected chi connectivity index (χ3v) is 7.18. The summed E-state index contributed by atoms with van der Waals surface area (Å²) in [5, 5.41) is 0. The molecule has 2 aromatic rings. The van der Waals surface area contributed by atoms with Crippen LogP contribution in [0.4, 0.5) is 0 Å². The number of hydrogen-bond donors (Lipinski definition) is 0. The van der Waals surface area contributed by atoms with Crippen molar-refractivity contribution in [1.82, 2.24) is 14.7 Å². The van der Waals surface area contributed by atoms with E-state index < -0.39 is 0 Å². The van der Waals surface area contributed by atoms with E-state index in [0.717, 1.165) is 45.6 Å². The molecule has 1 saturated carbocycles. The standard InChI is InChI=1S/C25H25N3O3/c29-23(17-6-9-21-22(10-17)25(31)28(24(21)30)20-7-8-20)27-14-18-12-26(13-19(18)15-27)11-16-4-2-1-3-5-16/h1-6,9-10,18-20H,7-8,11-15H2/t18-,19-/m0/s1. The molecule has 3 heterocycles. The van der Waals surface area contributed by atoms with Gasteiger partial charge >= 0.3 is 0 Å². The smallest absolute Gasteiger partial charge is 0.261 e. The number of nitrogens with zero attached hydrogens (tertiary/aromatic N) is 3. The number of rotatable bonds is 4. The Morgan fingerprint density at radius 2 is 1.52 bits per heavy atom. The Kier molecular flexibility index (Phi) is 4.25. The maximum atomic E-state index is 13.2. The first-order valence-electron chi connectivity index (χ1n) is 11.2. The maximum Gasteiger partial charge on any atom is 0.261 e. The number of carbonyl (C=O) groups is 3. The van der Waals surface area contributed by atoms with Crippen molar-refractivity contribution in [2.45, 2.75) is 25.4 Å². The molecule has 0 radical (unpaired) electrons. The minimum absolute atomic E-state index is 0.0306. The van der Waals surface area contributed by atoms with Gasteiger partial charge in [0.2, 0.25) is 0 Å². The molecular weight excluding hydrogens is 390 g/mol. The van der Waals surface area contributed by atoms with Crippen LogP contribution in [-0.4, -0.2) is 64.6 Å². The molecule has 0 spiro atoms. The monoisotopic (exact) mass is 415 g/mol. The fraction of sp³-hybridized carbons (Fsp3) is 0.400. The number of benzene rings is 2. The van der Waals surface area contributed by atoms with Crippen molar-refractivity contribution in [3.63, 3.8) is 0 Å². The van der Waals surface area contributed by atoms with Gasteiger partial charge in [-0.1, -0.05) is 30.3 Å². The predicted molar refractivity (Wildman–Crippen MR) is 115 cm³/mol. The first kappa shape index (κ1) is 18.8. The Morgan fingerprint density at radius 3 is 2.19 bits per heavy atom. The Balaban J connectivity index is 1.13. The average molecular weight is 415 g/mol. The second-order valence-electron chi connectivity index (χ2n) is 9.38. The lowest BCUT2D eigenvalue weighted by atomic mass is 10.0. The topological polar surface area (TPSA) is 60.9 Å². The molecule has 0 aromatic heterocycles. The quantitative estimate of drug-likeness (QED) is 0.721. The van der Waals surface area contributed by atoms with Crippen molar-refractivity contribution in [1.29, 1.82) is 0 Å². The van der Waals surface area contributed by atoms with Gasteiger partial charge in [-0.3, -0.25) is 24.2 Å². The van der Waals surface area contributed by atoms with Crippen LogP contribution in [0.1, 0.15) is 49.5 Å². The molecule has 2 aromatic carbocycles. The molecule has 6 nitrogen and oxygen atoms in total. The van der Waals surface area contributed by atoms with Gasteiger partial charge in [0.15, 0.2) is 0 Å². The van der Waals surface area contributed by atoms with E-state index in [-0.39, 0.29) is 23.8 Å². The second kappa shape index (κ2) is 7.02. The molecule has 0 unspecified atom stereocenters. The molecule has 3 fully saturated rings. The van der Waals surface area contributed by atoms with Crippen LogP contribution in [0.2, 0.25) is 0 Å². The Labute approximate surface area is 181 Å². The molecule has 0 bridgehead atoms. The number of hydrogen-bond acceptors (Lipinski definition) is 4. The minimum atomic E-state index is -0.244. The predicted octanol–water partition coefficient (Wildman–Crippen LogP) is 2.65. The van der Waals surface area contributed by atoms with E-state index in [0.29, 0.717) is 28.5 Å². The molecule has 4 aliphatic rings. The average Bonchev–Trinajstić information content (AvgIpc) is 3.35. The lowest BCUT2D eigenvalue weighted by molar-refractivity contribution is 0.0642. The Bertz CT molecular complexity index is 1060. The van der Waals surface area contributed by atoms with Crippen LogP contribution >= 0.6 is 0 Å². The molecule has 0 N–H and O–H groups in total. The van der Waals surface area contributed by atoms with Gasteiger partial charge < -0.3 is 4.90 Å². The van der Waals surface area contributed by atoms with E-state index >= 15 is 0 Å². The van der Waals surface area contributed by atoms with E-state index in [1.807, 2.05) is 11.0 Å². The third kappa shape index (κ3) is 3.17. The first-order valence-corrected chi connectivity index (χ1v) is 11.2. The number of carbonyl (C=O) groups excluding carboxylic acids is 3. The molecule has 2 atom stereocenters. The van der Waals surface area contributed by atoms with Crippen molar-refractivity contribution in [2.24, 2.45) is 11.8 Å². The molecule has 1 aliphatic carbocycles. The van der Waals surface area contributed by atoms with E-state index in [9.17, 15) is 14.4 Å². The van der Waals surface area contributed by atoms with Gasteiger partial charge in [-0.2, -0.15) is 0 Å². The molecular formula is C25H25N3O3. The minimum Gasteiger partial charge on any atom is -0.338 e. The highest BCUT2D eigenvalue weighted by molar-refractivity contribution is 6.22. The highest BCUT2D eigenvalue weighted by atomic mass is 16.2. The van der Waals surface area contributed by atoms with Crippen LogP contribution in [-0.2, 0) is 6.54 Å². The van der Waals surface area contributed by atoms with Gasteiger partial charge in [-0.25, -0.2) is 0 Å². The Hall–Kier alpha value is -2.99. The summed E-state index contributed by atoms with van der Waals surface area (Å²) in [7, 11) is 0. The molecule has 3 amide bonds. The van der Waals surface area contributed by atoms with Gasteiger partial charge in [-0.05, 0) is 48.4 Å². The van der Waals surface area contributed by atoms with Crippen LogP contribution < -0.4 is 0 Å². The van der Waals surface area contributed by atoms with Crippen molar-refractivity contribution < 1.29 is 14.4 Å². The summed E-state index contributed by atoms with van der Waals surface area (Å²) in [6, 6.07) is 15.6. The summed E-state index contributed by atoms with van der Waals surface area (Å²) in [6.07, 6.45) is 1.77. The summed E-state index contributed by atoms with van der Waals surface area (Å²) in [5.74, 6) is 0.506. The fourth-order valence-corrected chi connectivity index (χ4v) is 5.47. The zero-order valence-electron chi connectivity index (χ0n) is 17.4. The lowest BCUT2D eigenvalue weighted by Gasteiger charge is -2.22. The van der Waals surface area contributed by atoms with E-state index in [2.05, 4.69) is 29.2 Å². The van der Waals surface area contributed by atoms with Gasteiger partial charge in [-0.15, -0.1) is 0 Å². The largest absolute Gasteiger partial charge is 0.338 e. The number of fused-ring (bicyclic) bond motifs is 2. The van der Waals surface area contributed by atoms with Crippen molar-refractivity contribution in [3.8, 4) is 0 Å². The van der Waals surface area contributed by atoms with Gasteiger partial charge in [0, 0.05) is 44.3 Å². The number of amides is 3. The summed E-state index contributed by atoms with van der Waals surface area (Å²) < 4.78 is 0. The molecule has 2 saturated heterocycles. The highest BCUT2D eigenvalue weighted by Gasteiger charge is 2.45. The van der Waals surface area contributed by atoms with E-state index in [4.69, 9.17) is 0 Å². The molecule has 158 valence electrons. The summed E-state index contributed by atoms with van der Waals surface area (Å²) in [4.78, 5) is 44.2. The van der Waals surface area contributed by atoms with Crippen LogP contribution in [0.5, 0.6) is 0 Å². The summed E-state index contributed by atoms with van der Waals surface area (Å²) >= 11 is 0. The number of imide groups is 1. The van der Waals surface area contributed by atoms with Gasteiger partial charge in [0.1, 0.15) is 0 Å². The zero-order valence-corrected chi connectivity index (χ0v) is 17.4. The van der Waals surface area contributed by atoms with Crippen molar-refractivity contribution in [2.75, 3.05) is 26.2 Å². The SMILES string of the molecule is O=C(c1ccc2c(c1)C(=O)N(C1CC1)C2=O)N1C[C@@H]2CN(Cc3ccccc3)C[C@H]2C1. The number of likely N-dealkylation sites (tertiary alicyclic amines) is 2. The van der Waals surface area contributed by atoms with Gasteiger partial charge in [0.25, 0.3) is 17.7 Å². The zero-order chi connectivity index (χ0) is 21.1. The Morgan fingerprint density at radius 1 is 0.839 bits per heavy atom. The molecule has 31 heavy (non-hydrogen) atoms. The van der Waals surface area contributed by atoms with Crippen LogP contribution in [0, 0.1) is 11.8 Å². The lowest BCUT2D eigenvalue weighted by Crippen LogP contribution is -2.33. The van der Waals surface area contributed by atoms with E-state index in [1.54, 1.807) is 18.2 Å². The maximum absolute atomic E-state index is 13.2. The molecule has 6 rings (SSSR count). The van der Waals surface area contributed by atoms with Crippen molar-refractivity contribution >= 4 is 17.7 Å². The first-order chi connectivity index (χ1) is 15.1. The molecule has 3 aliphatic heterocycles. The van der Waals surface area contributed by atoms with Crippen molar-refractivity contribution in [3.05, 3.63) is 70.8 Å².